The zero-order valence-corrected chi connectivity index (χ0v) is 11.1. The Morgan fingerprint density at radius 2 is 2.24 bits per heavy atom. The van der Waals surface area contributed by atoms with Crippen LogP contribution in [-0.2, 0) is 6.42 Å². The van der Waals surface area contributed by atoms with Gasteiger partial charge in [0.2, 0.25) is 0 Å². The van der Waals surface area contributed by atoms with Crippen molar-refractivity contribution in [3.05, 3.63) is 42.4 Å². The molecule has 3 aromatic rings. The van der Waals surface area contributed by atoms with Gasteiger partial charge in [-0.15, -0.1) is 0 Å². The number of aromatic nitrogens is 5. The molecule has 0 atom stereocenters. The Kier molecular flexibility index (Phi) is 3.19. The third kappa shape index (κ3) is 2.50. The van der Waals surface area contributed by atoms with E-state index in [1.807, 2.05) is 6.92 Å². The monoisotopic (exact) mass is 285 g/mol. The number of carboxylic acid groups (broad SMARTS) is 1. The lowest BCUT2D eigenvalue weighted by Gasteiger charge is -2.00. The summed E-state index contributed by atoms with van der Waals surface area (Å²) in [5.74, 6) is 0.509. The van der Waals surface area contributed by atoms with Crippen LogP contribution in [0.3, 0.4) is 0 Å². The Hall–Kier alpha value is -3.03. The van der Waals surface area contributed by atoms with E-state index in [9.17, 15) is 4.79 Å². The van der Waals surface area contributed by atoms with E-state index in [0.717, 1.165) is 0 Å². The van der Waals surface area contributed by atoms with Gasteiger partial charge < -0.3 is 9.63 Å². The number of imidazole rings is 1. The van der Waals surface area contributed by atoms with Crippen LogP contribution in [0, 0.1) is 0 Å². The molecule has 0 radical (unpaired) electrons. The number of carbonyl (C=O) groups is 1. The Morgan fingerprint density at radius 3 is 2.81 bits per heavy atom. The minimum absolute atomic E-state index is 0.0367. The van der Waals surface area contributed by atoms with Crippen molar-refractivity contribution >= 4 is 5.97 Å². The number of hydrogen-bond acceptors (Lipinski definition) is 6. The number of pyridine rings is 1. The van der Waals surface area contributed by atoms with Crippen molar-refractivity contribution in [2.75, 3.05) is 0 Å². The molecule has 0 aliphatic heterocycles. The molecule has 0 bridgehead atoms. The van der Waals surface area contributed by atoms with Gasteiger partial charge in [0.15, 0.2) is 11.5 Å². The minimum Gasteiger partial charge on any atom is -0.476 e. The molecule has 0 aliphatic carbocycles. The van der Waals surface area contributed by atoms with Crippen LogP contribution in [0.15, 0.2) is 35.4 Å². The molecule has 1 N–H and O–H groups in total. The summed E-state index contributed by atoms with van der Waals surface area (Å²) >= 11 is 0. The first-order chi connectivity index (χ1) is 10.2. The topological polar surface area (TPSA) is 107 Å². The third-order valence-electron chi connectivity index (χ3n) is 2.85. The Balaban J connectivity index is 1.87. The van der Waals surface area contributed by atoms with Crippen molar-refractivity contribution < 1.29 is 14.4 Å². The zero-order chi connectivity index (χ0) is 14.8. The van der Waals surface area contributed by atoms with Crippen LogP contribution < -0.4 is 0 Å². The fourth-order valence-electron chi connectivity index (χ4n) is 1.74. The Morgan fingerprint density at radius 1 is 1.38 bits per heavy atom. The number of hydrogen-bond donors (Lipinski definition) is 1. The Bertz CT molecular complexity index is 775. The standard InChI is InChI=1S/C13H11N5O3/c1-2-10-16-12(21-17-10)8-3-4-11(14-5-8)18-6-9(13(19)20)15-7-18/h3-7H,2H2,1H3,(H,19,20). The summed E-state index contributed by atoms with van der Waals surface area (Å²) in [6, 6.07) is 3.49. The largest absolute Gasteiger partial charge is 0.476 e. The SMILES string of the molecule is CCc1noc(-c2ccc(-n3cnc(C(=O)O)c3)nc2)n1. The number of carboxylic acids is 1. The fraction of sp³-hybridized carbons (Fsp3) is 0.154. The molecule has 0 aromatic carbocycles. The van der Waals surface area contributed by atoms with Crippen molar-refractivity contribution in [3.8, 4) is 17.3 Å². The van der Waals surface area contributed by atoms with E-state index in [1.165, 1.54) is 17.1 Å². The lowest BCUT2D eigenvalue weighted by molar-refractivity contribution is 0.0691. The van der Waals surface area contributed by atoms with Gasteiger partial charge in [-0.2, -0.15) is 4.98 Å². The number of aryl methyl sites for hydroxylation is 1. The van der Waals surface area contributed by atoms with Gasteiger partial charge in [-0.25, -0.2) is 14.8 Å². The number of nitrogens with zero attached hydrogens (tertiary/aromatic N) is 5. The van der Waals surface area contributed by atoms with Crippen LogP contribution in [0.2, 0.25) is 0 Å². The average molecular weight is 285 g/mol. The molecule has 8 heteroatoms. The highest BCUT2D eigenvalue weighted by molar-refractivity contribution is 5.85. The lowest BCUT2D eigenvalue weighted by atomic mass is 10.3. The van der Waals surface area contributed by atoms with Crippen LogP contribution in [0.5, 0.6) is 0 Å². The molecular formula is C13H11N5O3. The summed E-state index contributed by atoms with van der Waals surface area (Å²) < 4.78 is 6.65. The highest BCUT2D eigenvalue weighted by Gasteiger charge is 2.10. The lowest BCUT2D eigenvalue weighted by Crippen LogP contribution is -1.97. The second kappa shape index (κ2) is 5.16. The molecule has 0 unspecified atom stereocenters. The van der Waals surface area contributed by atoms with E-state index in [0.29, 0.717) is 29.5 Å². The van der Waals surface area contributed by atoms with Crippen molar-refractivity contribution in [2.45, 2.75) is 13.3 Å². The Labute approximate surface area is 119 Å². The maximum absolute atomic E-state index is 10.8. The fourth-order valence-corrected chi connectivity index (χ4v) is 1.74. The maximum atomic E-state index is 10.8. The quantitative estimate of drug-likeness (QED) is 0.775. The normalized spacial score (nSPS) is 10.7. The van der Waals surface area contributed by atoms with Crippen LogP contribution in [0.25, 0.3) is 17.3 Å². The highest BCUT2D eigenvalue weighted by Crippen LogP contribution is 2.17. The molecule has 0 amide bonds. The molecule has 0 fully saturated rings. The summed E-state index contributed by atoms with van der Waals surface area (Å²) in [6.45, 7) is 1.94. The van der Waals surface area contributed by atoms with Gasteiger partial charge >= 0.3 is 5.97 Å². The van der Waals surface area contributed by atoms with Crippen LogP contribution in [0.1, 0.15) is 23.2 Å². The van der Waals surface area contributed by atoms with Gasteiger partial charge in [-0.3, -0.25) is 4.57 Å². The second-order valence-corrected chi connectivity index (χ2v) is 4.25. The predicted molar refractivity (Wildman–Crippen MR) is 71.0 cm³/mol. The van der Waals surface area contributed by atoms with Gasteiger partial charge in [0.25, 0.3) is 5.89 Å². The van der Waals surface area contributed by atoms with E-state index < -0.39 is 5.97 Å². The molecule has 8 nitrogen and oxygen atoms in total. The van der Waals surface area contributed by atoms with Crippen LogP contribution in [0.4, 0.5) is 0 Å². The van der Waals surface area contributed by atoms with Gasteiger partial charge in [0, 0.05) is 18.8 Å². The van der Waals surface area contributed by atoms with E-state index in [4.69, 9.17) is 9.63 Å². The van der Waals surface area contributed by atoms with E-state index in [2.05, 4.69) is 20.1 Å². The first kappa shape index (κ1) is 13.0. The van der Waals surface area contributed by atoms with Gasteiger partial charge in [-0.1, -0.05) is 12.1 Å². The molecular weight excluding hydrogens is 274 g/mol. The van der Waals surface area contributed by atoms with Crippen LogP contribution in [-0.4, -0.2) is 35.8 Å². The van der Waals surface area contributed by atoms with Gasteiger partial charge in [0.05, 0.1) is 5.56 Å². The molecule has 0 aliphatic rings. The van der Waals surface area contributed by atoms with Crippen molar-refractivity contribution in [1.82, 2.24) is 24.7 Å². The maximum Gasteiger partial charge on any atom is 0.356 e. The summed E-state index contributed by atoms with van der Waals surface area (Å²) in [5.41, 5.74) is 0.662. The zero-order valence-electron chi connectivity index (χ0n) is 11.1. The average Bonchev–Trinajstić information content (AvgIpc) is 3.17. The molecule has 0 spiro atoms. The highest BCUT2D eigenvalue weighted by atomic mass is 16.5. The van der Waals surface area contributed by atoms with Gasteiger partial charge in [-0.05, 0) is 12.1 Å². The molecule has 106 valence electrons. The van der Waals surface area contributed by atoms with Crippen molar-refractivity contribution in [2.24, 2.45) is 0 Å². The van der Waals surface area contributed by atoms with Crippen molar-refractivity contribution in [1.29, 1.82) is 0 Å². The molecule has 3 aromatic heterocycles. The first-order valence-corrected chi connectivity index (χ1v) is 6.24. The van der Waals surface area contributed by atoms with Crippen LogP contribution >= 0.6 is 0 Å². The predicted octanol–water partition coefficient (Wildman–Crippen LogP) is 1.58. The first-order valence-electron chi connectivity index (χ1n) is 6.24. The summed E-state index contributed by atoms with van der Waals surface area (Å²) in [4.78, 5) is 23.0. The number of rotatable bonds is 4. The molecule has 21 heavy (non-hydrogen) atoms. The van der Waals surface area contributed by atoms with E-state index in [1.54, 1.807) is 18.3 Å². The van der Waals surface area contributed by atoms with E-state index in [-0.39, 0.29) is 5.69 Å². The number of aromatic carboxylic acids is 1. The molecule has 0 saturated heterocycles. The summed E-state index contributed by atoms with van der Waals surface area (Å²) in [7, 11) is 0. The van der Waals surface area contributed by atoms with Gasteiger partial charge in [0.1, 0.15) is 12.1 Å². The van der Waals surface area contributed by atoms with E-state index >= 15 is 0 Å². The third-order valence-corrected chi connectivity index (χ3v) is 2.85. The molecule has 3 heterocycles. The summed E-state index contributed by atoms with van der Waals surface area (Å²) in [5, 5.41) is 12.7. The smallest absolute Gasteiger partial charge is 0.356 e. The molecule has 0 saturated carbocycles. The second-order valence-electron chi connectivity index (χ2n) is 4.25. The minimum atomic E-state index is -1.08. The molecule has 3 rings (SSSR count). The van der Waals surface area contributed by atoms with Crippen molar-refractivity contribution in [3.63, 3.8) is 0 Å². The summed E-state index contributed by atoms with van der Waals surface area (Å²) in [6.07, 6.45) is 5.07.